The number of carbonyl (C=O) groups excluding carboxylic acids is 3. The molecule has 39 heavy (non-hydrogen) atoms. The summed E-state index contributed by atoms with van der Waals surface area (Å²) >= 11 is 6.46. The molecule has 1 aliphatic carbocycles. The van der Waals surface area contributed by atoms with Crippen LogP contribution in [0.4, 0.5) is 4.79 Å². The third-order valence-electron chi connectivity index (χ3n) is 8.39. The van der Waals surface area contributed by atoms with Crippen molar-refractivity contribution in [1.82, 2.24) is 14.7 Å². The number of carbonyl (C=O) groups is 3. The Hall–Kier alpha value is -2.94. The number of fused-ring (bicyclic) bond motifs is 1. The van der Waals surface area contributed by atoms with E-state index in [0.29, 0.717) is 30.0 Å². The molecule has 0 spiro atoms. The van der Waals surface area contributed by atoms with Gasteiger partial charge in [-0.15, -0.1) is 0 Å². The van der Waals surface area contributed by atoms with Gasteiger partial charge in [-0.3, -0.25) is 14.5 Å². The van der Waals surface area contributed by atoms with Crippen molar-refractivity contribution in [2.45, 2.75) is 63.4 Å². The summed E-state index contributed by atoms with van der Waals surface area (Å²) in [5, 5.41) is 0.577. The summed E-state index contributed by atoms with van der Waals surface area (Å²) in [5.74, 6) is -0.590. The van der Waals surface area contributed by atoms with E-state index in [-0.39, 0.29) is 42.6 Å². The molecule has 4 atom stereocenters. The highest BCUT2D eigenvalue weighted by Crippen LogP contribution is 2.38. The number of benzene rings is 2. The first-order chi connectivity index (χ1) is 18.9. The van der Waals surface area contributed by atoms with Crippen molar-refractivity contribution in [2.24, 2.45) is 5.92 Å². The highest BCUT2D eigenvalue weighted by molar-refractivity contribution is 6.31. The van der Waals surface area contributed by atoms with Crippen LogP contribution in [0.5, 0.6) is 0 Å². The molecule has 5 rings (SSSR count). The zero-order valence-corrected chi connectivity index (χ0v) is 23.3. The first kappa shape index (κ1) is 27.6. The standard InChI is InChI=1S/C30H36ClN3O5/c1-38-26-16-23-25(17-27(26)39-2)33(19-22-8-4-5-9-24(22)31)30(37)34(29(23)36)18-20-10-12-21(13-11-20)28(35)32-14-6-3-7-15-32/h4-5,8-13,23,25-27H,3,6-7,14-19H2,1-2H3. The van der Waals surface area contributed by atoms with Gasteiger partial charge in [-0.1, -0.05) is 41.9 Å². The van der Waals surface area contributed by atoms with Crippen molar-refractivity contribution in [1.29, 1.82) is 0 Å². The molecule has 4 unspecified atom stereocenters. The predicted octanol–water partition coefficient (Wildman–Crippen LogP) is 4.74. The molecular formula is C30H36ClN3O5. The van der Waals surface area contributed by atoms with E-state index in [1.54, 1.807) is 37.3 Å². The van der Waals surface area contributed by atoms with E-state index < -0.39 is 5.92 Å². The van der Waals surface area contributed by atoms with E-state index in [9.17, 15) is 14.4 Å². The lowest BCUT2D eigenvalue weighted by atomic mass is 9.77. The maximum absolute atomic E-state index is 13.9. The van der Waals surface area contributed by atoms with Gasteiger partial charge < -0.3 is 19.3 Å². The van der Waals surface area contributed by atoms with Gasteiger partial charge in [-0.25, -0.2) is 4.79 Å². The molecule has 2 heterocycles. The van der Waals surface area contributed by atoms with Crippen LogP contribution < -0.4 is 0 Å². The number of likely N-dealkylation sites (tertiary alicyclic amines) is 1. The van der Waals surface area contributed by atoms with Crippen LogP contribution in [0, 0.1) is 5.92 Å². The fraction of sp³-hybridized carbons (Fsp3) is 0.500. The zero-order valence-electron chi connectivity index (χ0n) is 22.6. The maximum Gasteiger partial charge on any atom is 0.327 e. The summed E-state index contributed by atoms with van der Waals surface area (Å²) in [7, 11) is 3.26. The van der Waals surface area contributed by atoms with Gasteiger partial charge in [0.2, 0.25) is 5.91 Å². The number of hydrogen-bond donors (Lipinski definition) is 0. The van der Waals surface area contributed by atoms with E-state index in [1.807, 2.05) is 35.2 Å². The minimum absolute atomic E-state index is 0.0284. The van der Waals surface area contributed by atoms with Crippen LogP contribution in [0.1, 0.15) is 53.6 Å². The lowest BCUT2D eigenvalue weighted by Gasteiger charge is -2.50. The second kappa shape index (κ2) is 12.1. The number of piperidine rings is 1. The Morgan fingerprint density at radius 3 is 2.23 bits per heavy atom. The number of imide groups is 1. The van der Waals surface area contributed by atoms with Gasteiger partial charge in [0.15, 0.2) is 0 Å². The minimum Gasteiger partial charge on any atom is -0.379 e. The lowest BCUT2D eigenvalue weighted by molar-refractivity contribution is -0.152. The van der Waals surface area contributed by atoms with Crippen molar-refractivity contribution in [3.8, 4) is 0 Å². The first-order valence-electron chi connectivity index (χ1n) is 13.7. The predicted molar refractivity (Wildman–Crippen MR) is 147 cm³/mol. The summed E-state index contributed by atoms with van der Waals surface area (Å²) in [5.41, 5.74) is 2.24. The van der Waals surface area contributed by atoms with Crippen LogP contribution in [0.2, 0.25) is 5.02 Å². The SMILES string of the molecule is COC1CC2C(=O)N(Cc3ccc(C(=O)N4CCCCC4)cc3)C(=O)N(Cc3ccccc3Cl)C2CC1OC. The van der Waals surface area contributed by atoms with E-state index in [1.165, 1.54) is 4.90 Å². The molecule has 3 aliphatic rings. The Bertz CT molecular complexity index is 1200. The summed E-state index contributed by atoms with van der Waals surface area (Å²) in [6.07, 6.45) is 3.73. The number of amides is 4. The van der Waals surface area contributed by atoms with Gasteiger partial charge in [0, 0.05) is 50.5 Å². The van der Waals surface area contributed by atoms with Crippen LogP contribution in [-0.4, -0.2) is 78.1 Å². The monoisotopic (exact) mass is 553 g/mol. The van der Waals surface area contributed by atoms with E-state index in [2.05, 4.69) is 0 Å². The molecule has 0 aromatic heterocycles. The van der Waals surface area contributed by atoms with E-state index in [0.717, 1.165) is 43.5 Å². The lowest BCUT2D eigenvalue weighted by Crippen LogP contribution is -2.64. The Morgan fingerprint density at radius 2 is 1.56 bits per heavy atom. The summed E-state index contributed by atoms with van der Waals surface area (Å²) in [6.45, 7) is 1.99. The highest BCUT2D eigenvalue weighted by Gasteiger charge is 2.51. The molecule has 0 N–H and O–H groups in total. The molecule has 2 aromatic rings. The molecule has 0 bridgehead atoms. The molecule has 208 valence electrons. The second-order valence-electron chi connectivity index (χ2n) is 10.7. The molecule has 0 radical (unpaired) electrons. The molecule has 1 saturated carbocycles. The number of hydrogen-bond acceptors (Lipinski definition) is 5. The van der Waals surface area contributed by atoms with Gasteiger partial charge in [-0.2, -0.15) is 0 Å². The van der Waals surface area contributed by atoms with Crippen LogP contribution in [-0.2, 0) is 27.4 Å². The van der Waals surface area contributed by atoms with Crippen molar-refractivity contribution in [3.63, 3.8) is 0 Å². The van der Waals surface area contributed by atoms with E-state index in [4.69, 9.17) is 21.1 Å². The van der Waals surface area contributed by atoms with Crippen LogP contribution in [0.3, 0.4) is 0 Å². The number of methoxy groups -OCH3 is 2. The van der Waals surface area contributed by atoms with Crippen LogP contribution >= 0.6 is 11.6 Å². The Labute approximate surface area is 234 Å². The summed E-state index contributed by atoms with van der Waals surface area (Å²) in [4.78, 5) is 45.5. The Balaban J connectivity index is 1.39. The Kier molecular flexibility index (Phi) is 8.54. The Morgan fingerprint density at radius 1 is 0.897 bits per heavy atom. The summed E-state index contributed by atoms with van der Waals surface area (Å²) < 4.78 is 11.4. The smallest absolute Gasteiger partial charge is 0.327 e. The average molecular weight is 554 g/mol. The van der Waals surface area contributed by atoms with Gasteiger partial charge in [0.05, 0.1) is 24.7 Å². The molecular weight excluding hydrogens is 518 g/mol. The third kappa shape index (κ3) is 5.69. The van der Waals surface area contributed by atoms with Crippen LogP contribution in [0.25, 0.3) is 0 Å². The average Bonchev–Trinajstić information content (AvgIpc) is 2.98. The number of rotatable bonds is 7. The van der Waals surface area contributed by atoms with Gasteiger partial charge >= 0.3 is 6.03 Å². The fourth-order valence-corrected chi connectivity index (χ4v) is 6.36. The third-order valence-corrected chi connectivity index (χ3v) is 8.76. The largest absolute Gasteiger partial charge is 0.379 e. The van der Waals surface area contributed by atoms with Crippen molar-refractivity contribution < 1.29 is 23.9 Å². The zero-order chi connectivity index (χ0) is 27.5. The molecule has 8 nitrogen and oxygen atoms in total. The minimum atomic E-state index is -0.415. The maximum atomic E-state index is 13.9. The van der Waals surface area contributed by atoms with E-state index >= 15 is 0 Å². The molecule has 3 fully saturated rings. The number of nitrogens with zero attached hydrogens (tertiary/aromatic N) is 3. The number of halogens is 1. The highest BCUT2D eigenvalue weighted by atomic mass is 35.5. The summed E-state index contributed by atoms with van der Waals surface area (Å²) in [6, 6.07) is 14.0. The normalized spacial score (nSPS) is 25.6. The number of urea groups is 1. The quantitative estimate of drug-likeness (QED) is 0.495. The molecule has 2 saturated heterocycles. The van der Waals surface area contributed by atoms with Crippen molar-refractivity contribution in [2.75, 3.05) is 27.3 Å². The van der Waals surface area contributed by atoms with Crippen molar-refractivity contribution >= 4 is 29.4 Å². The molecule has 4 amide bonds. The van der Waals surface area contributed by atoms with Crippen molar-refractivity contribution in [3.05, 3.63) is 70.2 Å². The van der Waals surface area contributed by atoms with Gasteiger partial charge in [0.25, 0.3) is 5.91 Å². The van der Waals surface area contributed by atoms with Gasteiger partial charge in [-0.05, 0) is 61.4 Å². The van der Waals surface area contributed by atoms with Crippen LogP contribution in [0.15, 0.2) is 48.5 Å². The molecule has 2 aliphatic heterocycles. The first-order valence-corrected chi connectivity index (χ1v) is 14.1. The molecule has 2 aromatic carbocycles. The second-order valence-corrected chi connectivity index (χ2v) is 11.1. The topological polar surface area (TPSA) is 79.4 Å². The van der Waals surface area contributed by atoms with Gasteiger partial charge in [0.1, 0.15) is 0 Å². The number of ether oxygens (including phenoxy) is 2. The fourth-order valence-electron chi connectivity index (χ4n) is 6.17. The molecule has 9 heteroatoms.